The van der Waals surface area contributed by atoms with Crippen molar-refractivity contribution in [2.24, 2.45) is 0 Å². The molecule has 37 heavy (non-hydrogen) atoms. The summed E-state index contributed by atoms with van der Waals surface area (Å²) < 4.78 is 11.6. The van der Waals surface area contributed by atoms with E-state index in [-0.39, 0.29) is 23.1 Å². The van der Waals surface area contributed by atoms with E-state index in [2.05, 4.69) is 18.0 Å². The maximum absolute atomic E-state index is 12.7. The first-order valence-electron chi connectivity index (χ1n) is 12.5. The van der Waals surface area contributed by atoms with Gasteiger partial charge in [-0.15, -0.1) is 0 Å². The molecule has 192 valence electrons. The second-order valence-corrected chi connectivity index (χ2v) is 10.4. The van der Waals surface area contributed by atoms with Crippen LogP contribution in [0.4, 0.5) is 0 Å². The topological polar surface area (TPSA) is 117 Å². The van der Waals surface area contributed by atoms with Crippen LogP contribution >= 0.6 is 0 Å². The van der Waals surface area contributed by atoms with Crippen LogP contribution < -0.4 is 9.47 Å². The lowest BCUT2D eigenvalue weighted by molar-refractivity contribution is -0.185. The van der Waals surface area contributed by atoms with Gasteiger partial charge in [0.15, 0.2) is 23.4 Å². The van der Waals surface area contributed by atoms with Gasteiger partial charge in [-0.3, -0.25) is 4.79 Å². The third-order valence-corrected chi connectivity index (χ3v) is 8.86. The Morgan fingerprint density at radius 2 is 1.92 bits per heavy atom. The van der Waals surface area contributed by atoms with Crippen LogP contribution in [0, 0.1) is 0 Å². The fraction of sp³-hybridized carbons (Fsp3) is 0.379. The molecule has 7 rings (SSSR count). The molecule has 0 radical (unpaired) electrons. The number of carbonyl (C=O) groups excluding carboxylic acids is 1. The van der Waals surface area contributed by atoms with E-state index in [4.69, 9.17) is 14.6 Å². The van der Waals surface area contributed by atoms with Crippen molar-refractivity contribution < 1.29 is 34.4 Å². The third-order valence-electron chi connectivity index (χ3n) is 8.86. The van der Waals surface area contributed by atoms with Crippen molar-refractivity contribution in [2.45, 2.75) is 48.8 Å². The smallest absolute Gasteiger partial charge is 0.339 e. The Morgan fingerprint density at radius 1 is 1.14 bits per heavy atom. The van der Waals surface area contributed by atoms with E-state index in [1.165, 1.54) is 11.6 Å². The first-order chi connectivity index (χ1) is 17.7. The van der Waals surface area contributed by atoms with E-state index in [1.54, 1.807) is 25.3 Å². The van der Waals surface area contributed by atoms with Crippen LogP contribution in [0.5, 0.6) is 17.2 Å². The van der Waals surface area contributed by atoms with Gasteiger partial charge in [-0.05, 0) is 55.9 Å². The van der Waals surface area contributed by atoms with Crippen molar-refractivity contribution in [2.75, 3.05) is 20.7 Å². The van der Waals surface area contributed by atoms with Crippen LogP contribution in [0.25, 0.3) is 10.8 Å². The number of carbonyl (C=O) groups is 2. The number of phenols is 1. The van der Waals surface area contributed by atoms with Gasteiger partial charge < -0.3 is 29.7 Å². The number of rotatable bonds is 2. The summed E-state index contributed by atoms with van der Waals surface area (Å²) in [7, 11) is 3.70. The highest BCUT2D eigenvalue weighted by Crippen LogP contribution is 2.64. The van der Waals surface area contributed by atoms with Gasteiger partial charge in [-0.2, -0.15) is 0 Å². The number of hydrogen-bond acceptors (Lipinski definition) is 7. The molecule has 3 N–H and O–H groups in total. The number of piperidine rings is 1. The van der Waals surface area contributed by atoms with Gasteiger partial charge in [0, 0.05) is 23.4 Å². The molecule has 1 spiro atoms. The highest BCUT2D eigenvalue weighted by molar-refractivity contribution is 6.00. The van der Waals surface area contributed by atoms with Crippen molar-refractivity contribution >= 4 is 22.5 Å². The summed E-state index contributed by atoms with van der Waals surface area (Å²) in [6.45, 7) is 0.871. The maximum Gasteiger partial charge on any atom is 0.339 e. The van der Waals surface area contributed by atoms with E-state index in [1.807, 2.05) is 18.2 Å². The zero-order valence-corrected chi connectivity index (χ0v) is 20.7. The van der Waals surface area contributed by atoms with Crippen LogP contribution in [0.3, 0.4) is 0 Å². The SMILES string of the molecule is COc1ccc2c3c1O[C@H]1C(=O)CC[C@@]4(O)[C@@H](C2)N(C)CCC314.O=C(O)c1ccc2ccccc2c1O. The first kappa shape index (κ1) is 23.8. The average Bonchev–Trinajstić information content (AvgIpc) is 3.25. The number of carboxylic acids is 1. The minimum absolute atomic E-state index is 0.0438. The minimum atomic E-state index is -1.12. The lowest BCUT2D eigenvalue weighted by Gasteiger charge is -2.62. The third kappa shape index (κ3) is 3.09. The van der Waals surface area contributed by atoms with Gasteiger partial charge in [0.05, 0.1) is 18.1 Å². The summed E-state index contributed by atoms with van der Waals surface area (Å²) in [5.41, 5.74) is 0.671. The number of nitrogens with zero attached hydrogens (tertiary/aromatic N) is 1. The predicted molar refractivity (Wildman–Crippen MR) is 136 cm³/mol. The number of likely N-dealkylation sites (N-methyl/N-ethyl adjacent to an activating group) is 1. The second-order valence-electron chi connectivity index (χ2n) is 10.4. The molecule has 2 aliphatic heterocycles. The standard InChI is InChI=1S/C18H21NO4.C11H8O3/c1-19-8-7-17-14-10-3-4-12(22-2)15(14)23-16(17)11(20)5-6-18(17,21)13(19)9-10;12-10-8-4-2-1-3-7(8)5-6-9(10)11(13)14/h3-4,13,16,21H,5-9H2,1-2H3;1-6,12H,(H,13,14)/t13-,16+,17?,18-;/m1./s1. The van der Waals surface area contributed by atoms with Gasteiger partial charge >= 0.3 is 5.97 Å². The molecule has 1 saturated carbocycles. The maximum atomic E-state index is 12.7. The molecule has 3 aromatic rings. The zero-order valence-electron chi connectivity index (χ0n) is 20.7. The van der Waals surface area contributed by atoms with Crippen molar-refractivity contribution in [3.8, 4) is 17.2 Å². The van der Waals surface area contributed by atoms with Crippen molar-refractivity contribution in [3.63, 3.8) is 0 Å². The van der Waals surface area contributed by atoms with Gasteiger partial charge in [-0.25, -0.2) is 4.79 Å². The van der Waals surface area contributed by atoms with E-state index < -0.39 is 23.1 Å². The molecule has 4 aliphatic rings. The molecule has 2 bridgehead atoms. The number of ether oxygens (including phenoxy) is 2. The molecule has 8 heteroatoms. The summed E-state index contributed by atoms with van der Waals surface area (Å²) in [4.78, 5) is 25.6. The molecule has 3 aromatic carbocycles. The number of fused-ring (bicyclic) bond motifs is 1. The van der Waals surface area contributed by atoms with E-state index in [9.17, 15) is 19.8 Å². The Hall–Kier alpha value is -3.62. The number of hydrogen-bond donors (Lipinski definition) is 3. The van der Waals surface area contributed by atoms with Crippen LogP contribution in [0.2, 0.25) is 0 Å². The largest absolute Gasteiger partial charge is 0.506 e. The molecule has 2 aliphatic carbocycles. The Morgan fingerprint density at radius 3 is 2.68 bits per heavy atom. The predicted octanol–water partition coefficient (Wildman–Crippen LogP) is 3.29. The summed E-state index contributed by atoms with van der Waals surface area (Å²) in [5, 5.41) is 31.5. The summed E-state index contributed by atoms with van der Waals surface area (Å²) in [6.07, 6.45) is 1.89. The number of aromatic carboxylic acids is 1. The van der Waals surface area contributed by atoms with E-state index in [0.717, 1.165) is 30.3 Å². The number of Topliss-reactive ketones (excluding diaryl/α,β-unsaturated/α-hetero) is 1. The van der Waals surface area contributed by atoms with Gasteiger partial charge in [0.2, 0.25) is 0 Å². The Kier molecular flexibility index (Phi) is 5.26. The lowest BCUT2D eigenvalue weighted by Crippen LogP contribution is -2.76. The molecule has 0 amide bonds. The van der Waals surface area contributed by atoms with Gasteiger partial charge in [0.25, 0.3) is 0 Å². The Bertz CT molecular complexity index is 1450. The highest BCUT2D eigenvalue weighted by Gasteiger charge is 2.72. The summed E-state index contributed by atoms with van der Waals surface area (Å²) in [6, 6.07) is 14.2. The molecule has 1 unspecified atom stereocenters. The first-order valence-corrected chi connectivity index (χ1v) is 12.5. The molecular weight excluding hydrogens is 474 g/mol. The molecular formula is C29H29NO7. The quantitative estimate of drug-likeness (QED) is 0.488. The molecule has 4 atom stereocenters. The molecule has 2 heterocycles. The monoisotopic (exact) mass is 503 g/mol. The Labute approximate surface area is 214 Å². The van der Waals surface area contributed by atoms with E-state index in [0.29, 0.717) is 29.7 Å². The summed E-state index contributed by atoms with van der Waals surface area (Å²) in [5.74, 6) is 0.180. The molecule has 8 nitrogen and oxygen atoms in total. The zero-order chi connectivity index (χ0) is 26.1. The second kappa shape index (κ2) is 8.19. The van der Waals surface area contributed by atoms with Crippen LogP contribution in [-0.2, 0) is 16.6 Å². The molecule has 2 fully saturated rings. The van der Waals surface area contributed by atoms with Gasteiger partial charge in [-0.1, -0.05) is 36.4 Å². The van der Waals surface area contributed by atoms with Crippen molar-refractivity contribution in [3.05, 3.63) is 65.2 Å². The fourth-order valence-electron chi connectivity index (χ4n) is 7.11. The van der Waals surface area contributed by atoms with Crippen molar-refractivity contribution in [1.29, 1.82) is 0 Å². The Balaban J connectivity index is 0.000000155. The van der Waals surface area contributed by atoms with Crippen LogP contribution in [-0.4, -0.2) is 70.4 Å². The van der Waals surface area contributed by atoms with E-state index >= 15 is 0 Å². The number of benzene rings is 3. The number of methoxy groups -OCH3 is 1. The number of aliphatic hydroxyl groups is 1. The highest BCUT2D eigenvalue weighted by atomic mass is 16.5. The molecule has 0 aromatic heterocycles. The number of aromatic hydroxyl groups is 1. The fourth-order valence-corrected chi connectivity index (χ4v) is 7.11. The number of likely N-dealkylation sites (tertiary alicyclic amines) is 1. The van der Waals surface area contributed by atoms with Crippen molar-refractivity contribution in [1.82, 2.24) is 4.90 Å². The van der Waals surface area contributed by atoms with Crippen LogP contribution in [0.1, 0.15) is 40.7 Å². The normalized spacial score (nSPS) is 29.1. The summed E-state index contributed by atoms with van der Waals surface area (Å²) >= 11 is 0. The minimum Gasteiger partial charge on any atom is -0.506 e. The number of carboxylic acid groups (broad SMARTS) is 1. The number of ketones is 1. The van der Waals surface area contributed by atoms with Gasteiger partial charge in [0.1, 0.15) is 11.3 Å². The lowest BCUT2D eigenvalue weighted by atomic mass is 9.49. The molecule has 1 saturated heterocycles. The average molecular weight is 504 g/mol. The van der Waals surface area contributed by atoms with Crippen LogP contribution in [0.15, 0.2) is 48.5 Å².